The fourth-order valence-corrected chi connectivity index (χ4v) is 2.00. The summed E-state index contributed by atoms with van der Waals surface area (Å²) in [6, 6.07) is 0. The van der Waals surface area contributed by atoms with Crippen molar-refractivity contribution < 1.29 is 9.53 Å². The molecule has 20 heavy (non-hydrogen) atoms. The van der Waals surface area contributed by atoms with Crippen LogP contribution in [0.25, 0.3) is 0 Å². The summed E-state index contributed by atoms with van der Waals surface area (Å²) in [6.07, 6.45) is 4.08. The minimum Gasteiger partial charge on any atom is -0.444 e. The normalized spacial score (nSPS) is 16.3. The number of carbonyl (C=O) groups is 1. The highest BCUT2D eigenvalue weighted by atomic mass is 16.6. The van der Waals surface area contributed by atoms with Gasteiger partial charge in [0.1, 0.15) is 5.60 Å². The van der Waals surface area contributed by atoms with Crippen molar-refractivity contribution in [2.45, 2.75) is 53.1 Å². The van der Waals surface area contributed by atoms with Crippen LogP contribution in [-0.4, -0.2) is 42.8 Å². The minimum atomic E-state index is -0.417. The highest BCUT2D eigenvalue weighted by Crippen LogP contribution is 2.15. The van der Waals surface area contributed by atoms with Crippen molar-refractivity contribution in [3.63, 3.8) is 0 Å². The second-order valence-electron chi connectivity index (χ2n) is 6.90. The van der Waals surface area contributed by atoms with Crippen molar-refractivity contribution in [3.8, 4) is 0 Å². The van der Waals surface area contributed by atoms with E-state index in [1.165, 1.54) is 12.0 Å². The topological polar surface area (TPSA) is 41.6 Å². The van der Waals surface area contributed by atoms with Gasteiger partial charge in [0, 0.05) is 19.6 Å². The van der Waals surface area contributed by atoms with Gasteiger partial charge >= 0.3 is 6.09 Å². The SMILES string of the molecule is CC(C)CCNCC1=CCN(C(=O)OC(C)(C)C)CC1. The van der Waals surface area contributed by atoms with Crippen molar-refractivity contribution in [1.29, 1.82) is 0 Å². The Labute approximate surface area is 123 Å². The summed E-state index contributed by atoms with van der Waals surface area (Å²) in [7, 11) is 0. The van der Waals surface area contributed by atoms with E-state index < -0.39 is 5.60 Å². The van der Waals surface area contributed by atoms with Gasteiger partial charge < -0.3 is 15.0 Å². The highest BCUT2D eigenvalue weighted by molar-refractivity contribution is 5.68. The Hall–Kier alpha value is -1.03. The molecule has 0 aliphatic carbocycles. The maximum atomic E-state index is 11.9. The Morgan fingerprint density at radius 1 is 1.45 bits per heavy atom. The first kappa shape index (κ1) is 17.0. The lowest BCUT2D eigenvalue weighted by Gasteiger charge is -2.29. The largest absolute Gasteiger partial charge is 0.444 e. The minimum absolute atomic E-state index is 0.208. The summed E-state index contributed by atoms with van der Waals surface area (Å²) in [5, 5.41) is 3.47. The standard InChI is InChI=1S/C16H30N2O2/c1-13(2)6-9-17-12-14-7-10-18(11-8-14)15(19)20-16(3,4)5/h7,13,17H,6,8-12H2,1-5H3. The van der Waals surface area contributed by atoms with E-state index in [-0.39, 0.29) is 6.09 Å². The number of nitrogens with zero attached hydrogens (tertiary/aromatic N) is 1. The van der Waals surface area contributed by atoms with Crippen molar-refractivity contribution in [3.05, 3.63) is 11.6 Å². The molecule has 0 spiro atoms. The van der Waals surface area contributed by atoms with Gasteiger partial charge in [0.2, 0.25) is 0 Å². The second kappa shape index (κ2) is 7.67. The molecule has 0 aromatic carbocycles. The molecule has 0 atom stereocenters. The molecular weight excluding hydrogens is 252 g/mol. The Morgan fingerprint density at radius 3 is 2.65 bits per heavy atom. The maximum Gasteiger partial charge on any atom is 0.410 e. The predicted molar refractivity (Wildman–Crippen MR) is 82.8 cm³/mol. The first-order valence-corrected chi connectivity index (χ1v) is 7.64. The van der Waals surface area contributed by atoms with E-state index >= 15 is 0 Å². The molecule has 1 aliphatic rings. The summed E-state index contributed by atoms with van der Waals surface area (Å²) in [5.74, 6) is 0.741. The maximum absolute atomic E-state index is 11.9. The van der Waals surface area contributed by atoms with Crippen molar-refractivity contribution in [2.75, 3.05) is 26.2 Å². The molecule has 0 bridgehead atoms. The van der Waals surface area contributed by atoms with E-state index in [2.05, 4.69) is 25.2 Å². The molecule has 0 saturated heterocycles. The molecule has 0 fully saturated rings. The monoisotopic (exact) mass is 282 g/mol. The average molecular weight is 282 g/mol. The van der Waals surface area contributed by atoms with Crippen LogP contribution < -0.4 is 5.32 Å². The lowest BCUT2D eigenvalue weighted by atomic mass is 10.1. The van der Waals surface area contributed by atoms with Crippen molar-refractivity contribution in [1.82, 2.24) is 10.2 Å². The smallest absolute Gasteiger partial charge is 0.410 e. The molecule has 1 rings (SSSR count). The summed E-state index contributed by atoms with van der Waals surface area (Å²) in [6.45, 7) is 13.6. The molecule has 0 radical (unpaired) electrons. The summed E-state index contributed by atoms with van der Waals surface area (Å²) in [4.78, 5) is 13.7. The van der Waals surface area contributed by atoms with Crippen LogP contribution in [0.15, 0.2) is 11.6 Å². The third-order valence-electron chi connectivity index (χ3n) is 3.21. The molecule has 0 unspecified atom stereocenters. The Balaban J connectivity index is 2.28. The quantitative estimate of drug-likeness (QED) is 0.622. The third-order valence-corrected chi connectivity index (χ3v) is 3.21. The molecule has 4 heteroatoms. The van der Waals surface area contributed by atoms with E-state index in [1.807, 2.05) is 20.8 Å². The van der Waals surface area contributed by atoms with Gasteiger partial charge in [-0.05, 0) is 46.1 Å². The zero-order valence-corrected chi connectivity index (χ0v) is 13.7. The van der Waals surface area contributed by atoms with Crippen LogP contribution in [-0.2, 0) is 4.74 Å². The molecule has 116 valence electrons. The van der Waals surface area contributed by atoms with Gasteiger partial charge in [-0.2, -0.15) is 0 Å². The van der Waals surface area contributed by atoms with E-state index in [1.54, 1.807) is 4.90 Å². The van der Waals surface area contributed by atoms with Crippen molar-refractivity contribution >= 4 is 6.09 Å². The number of rotatable bonds is 5. The van der Waals surface area contributed by atoms with Crippen LogP contribution in [0.2, 0.25) is 0 Å². The Kier molecular flexibility index (Phi) is 6.53. The number of nitrogens with one attached hydrogen (secondary N) is 1. The fraction of sp³-hybridized carbons (Fsp3) is 0.812. The molecule has 1 aliphatic heterocycles. The van der Waals surface area contributed by atoms with Gasteiger partial charge in [0.15, 0.2) is 0 Å². The van der Waals surface area contributed by atoms with E-state index in [0.29, 0.717) is 6.54 Å². The molecule has 1 amide bonds. The van der Waals surface area contributed by atoms with E-state index in [9.17, 15) is 4.79 Å². The average Bonchev–Trinajstić information content (AvgIpc) is 2.33. The summed E-state index contributed by atoms with van der Waals surface area (Å²) < 4.78 is 5.38. The molecule has 1 heterocycles. The third kappa shape index (κ3) is 6.94. The summed E-state index contributed by atoms with van der Waals surface area (Å²) >= 11 is 0. The zero-order chi connectivity index (χ0) is 15.2. The molecule has 1 N–H and O–H groups in total. The van der Waals surface area contributed by atoms with Crippen LogP contribution in [0.5, 0.6) is 0 Å². The van der Waals surface area contributed by atoms with Gasteiger partial charge in [-0.3, -0.25) is 0 Å². The van der Waals surface area contributed by atoms with Crippen LogP contribution in [0.4, 0.5) is 4.79 Å². The lowest BCUT2D eigenvalue weighted by Crippen LogP contribution is -2.40. The highest BCUT2D eigenvalue weighted by Gasteiger charge is 2.23. The van der Waals surface area contributed by atoms with Gasteiger partial charge in [0.25, 0.3) is 0 Å². The Bertz CT molecular complexity index is 343. The van der Waals surface area contributed by atoms with Gasteiger partial charge in [-0.1, -0.05) is 25.5 Å². The van der Waals surface area contributed by atoms with Gasteiger partial charge in [-0.15, -0.1) is 0 Å². The molecule has 0 saturated carbocycles. The predicted octanol–water partition coefficient (Wildman–Crippen LogP) is 3.19. The fourth-order valence-electron chi connectivity index (χ4n) is 2.00. The second-order valence-corrected chi connectivity index (χ2v) is 6.90. The molecular formula is C16H30N2O2. The lowest BCUT2D eigenvalue weighted by molar-refractivity contribution is 0.0265. The van der Waals surface area contributed by atoms with Crippen LogP contribution in [0, 0.1) is 5.92 Å². The van der Waals surface area contributed by atoms with E-state index in [0.717, 1.165) is 32.0 Å². The number of carbonyl (C=O) groups excluding carboxylic acids is 1. The van der Waals surface area contributed by atoms with E-state index in [4.69, 9.17) is 4.74 Å². The molecule has 0 aromatic rings. The number of hydrogen-bond acceptors (Lipinski definition) is 3. The summed E-state index contributed by atoms with van der Waals surface area (Å²) in [5.41, 5.74) is 0.980. The van der Waals surface area contributed by atoms with Crippen molar-refractivity contribution in [2.24, 2.45) is 5.92 Å². The first-order valence-electron chi connectivity index (χ1n) is 7.64. The van der Waals surface area contributed by atoms with Crippen LogP contribution >= 0.6 is 0 Å². The van der Waals surface area contributed by atoms with Gasteiger partial charge in [-0.25, -0.2) is 4.79 Å². The molecule has 0 aromatic heterocycles. The Morgan fingerprint density at radius 2 is 2.15 bits per heavy atom. The van der Waals surface area contributed by atoms with Crippen LogP contribution in [0.3, 0.4) is 0 Å². The molecule has 4 nitrogen and oxygen atoms in total. The first-order chi connectivity index (χ1) is 9.28. The van der Waals surface area contributed by atoms with Crippen LogP contribution in [0.1, 0.15) is 47.5 Å². The van der Waals surface area contributed by atoms with Gasteiger partial charge in [0.05, 0.1) is 0 Å². The zero-order valence-electron chi connectivity index (χ0n) is 13.7. The number of amides is 1. The number of ether oxygens (including phenoxy) is 1. The number of hydrogen-bond donors (Lipinski definition) is 1.